The number of methoxy groups -OCH3 is 1. The standard InChI is InChI=1S/C17H23FN2O3/c1-20-15(21)9-8-13(17(22)19-10-5-11-23-2)16(20)12-6-3-4-7-14(12)18/h3-4,6-7,13,16H,5,8-11H2,1-2H3,(H,19,22)/t13-,16-/m1/s1. The van der Waals surface area contributed by atoms with E-state index in [0.717, 1.165) is 0 Å². The van der Waals surface area contributed by atoms with Gasteiger partial charge >= 0.3 is 0 Å². The third kappa shape index (κ3) is 4.07. The van der Waals surface area contributed by atoms with Crippen LogP contribution >= 0.6 is 0 Å². The van der Waals surface area contributed by atoms with Crippen molar-refractivity contribution >= 4 is 11.8 Å². The van der Waals surface area contributed by atoms with Gasteiger partial charge in [-0.15, -0.1) is 0 Å². The zero-order valence-electron chi connectivity index (χ0n) is 13.5. The first-order chi connectivity index (χ1) is 11.1. The number of halogens is 1. The summed E-state index contributed by atoms with van der Waals surface area (Å²) < 4.78 is 19.1. The van der Waals surface area contributed by atoms with Gasteiger partial charge in [-0.05, 0) is 18.9 Å². The molecule has 0 bridgehead atoms. The Labute approximate surface area is 135 Å². The van der Waals surface area contributed by atoms with Crippen LogP contribution < -0.4 is 5.32 Å². The lowest BCUT2D eigenvalue weighted by atomic mass is 9.83. The van der Waals surface area contributed by atoms with E-state index in [9.17, 15) is 14.0 Å². The molecule has 1 aliphatic rings. The molecule has 1 N–H and O–H groups in total. The first-order valence-corrected chi connectivity index (χ1v) is 7.83. The molecule has 1 fully saturated rings. The number of hydrogen-bond donors (Lipinski definition) is 1. The predicted octanol–water partition coefficient (Wildman–Crippen LogP) is 1.89. The Morgan fingerprint density at radius 3 is 2.87 bits per heavy atom. The maximum Gasteiger partial charge on any atom is 0.225 e. The van der Waals surface area contributed by atoms with E-state index in [1.807, 2.05) is 0 Å². The number of nitrogens with one attached hydrogen (secondary N) is 1. The zero-order chi connectivity index (χ0) is 16.8. The van der Waals surface area contributed by atoms with Crippen LogP contribution in [0.3, 0.4) is 0 Å². The van der Waals surface area contributed by atoms with Crippen LogP contribution in [0.25, 0.3) is 0 Å². The van der Waals surface area contributed by atoms with Crippen LogP contribution in [0, 0.1) is 11.7 Å². The first kappa shape index (κ1) is 17.4. The van der Waals surface area contributed by atoms with Gasteiger partial charge in [0.15, 0.2) is 0 Å². The summed E-state index contributed by atoms with van der Waals surface area (Å²) in [6.45, 7) is 1.07. The van der Waals surface area contributed by atoms with Crippen molar-refractivity contribution in [3.05, 3.63) is 35.6 Å². The lowest BCUT2D eigenvalue weighted by Gasteiger charge is -2.38. The van der Waals surface area contributed by atoms with Gasteiger partial charge in [-0.2, -0.15) is 0 Å². The van der Waals surface area contributed by atoms with Crippen LogP contribution in [0.2, 0.25) is 0 Å². The molecule has 1 saturated heterocycles. The topological polar surface area (TPSA) is 58.6 Å². The summed E-state index contributed by atoms with van der Waals surface area (Å²) in [6.07, 6.45) is 1.45. The van der Waals surface area contributed by atoms with Crippen molar-refractivity contribution < 1.29 is 18.7 Å². The van der Waals surface area contributed by atoms with Crippen LogP contribution in [0.5, 0.6) is 0 Å². The smallest absolute Gasteiger partial charge is 0.225 e. The van der Waals surface area contributed by atoms with E-state index in [0.29, 0.717) is 38.0 Å². The van der Waals surface area contributed by atoms with Gasteiger partial charge in [-0.1, -0.05) is 18.2 Å². The quantitative estimate of drug-likeness (QED) is 0.814. The lowest BCUT2D eigenvalue weighted by Crippen LogP contribution is -2.46. The van der Waals surface area contributed by atoms with Crippen molar-refractivity contribution in [1.29, 1.82) is 0 Å². The van der Waals surface area contributed by atoms with Crippen LogP contribution in [0.4, 0.5) is 4.39 Å². The number of piperidine rings is 1. The van der Waals surface area contributed by atoms with Gasteiger partial charge in [0.25, 0.3) is 0 Å². The second-order valence-corrected chi connectivity index (χ2v) is 5.75. The maximum atomic E-state index is 14.2. The molecular weight excluding hydrogens is 299 g/mol. The molecule has 1 heterocycles. The Balaban J connectivity index is 2.17. The highest BCUT2D eigenvalue weighted by Gasteiger charge is 2.39. The van der Waals surface area contributed by atoms with E-state index in [1.165, 1.54) is 11.0 Å². The Kier molecular flexibility index (Phi) is 6.10. The van der Waals surface area contributed by atoms with Crippen LogP contribution in [-0.4, -0.2) is 44.0 Å². The van der Waals surface area contributed by atoms with E-state index < -0.39 is 17.8 Å². The highest BCUT2D eigenvalue weighted by Crippen LogP contribution is 2.36. The minimum absolute atomic E-state index is 0.0679. The van der Waals surface area contributed by atoms with Crippen LogP contribution in [0.15, 0.2) is 24.3 Å². The molecule has 5 nitrogen and oxygen atoms in total. The summed E-state index contributed by atoms with van der Waals surface area (Å²) in [6, 6.07) is 5.75. The number of hydrogen-bond acceptors (Lipinski definition) is 3. The molecule has 6 heteroatoms. The monoisotopic (exact) mass is 322 g/mol. The van der Waals surface area contributed by atoms with Gasteiger partial charge in [0, 0.05) is 39.3 Å². The van der Waals surface area contributed by atoms with Crippen LogP contribution in [-0.2, 0) is 14.3 Å². The predicted molar refractivity (Wildman–Crippen MR) is 84.1 cm³/mol. The second-order valence-electron chi connectivity index (χ2n) is 5.75. The number of amides is 2. The van der Waals surface area contributed by atoms with Gasteiger partial charge in [-0.25, -0.2) is 4.39 Å². The third-order valence-electron chi connectivity index (χ3n) is 4.25. The average molecular weight is 322 g/mol. The molecule has 1 aliphatic heterocycles. The molecule has 0 unspecified atom stereocenters. The highest BCUT2D eigenvalue weighted by molar-refractivity contribution is 5.84. The van der Waals surface area contributed by atoms with Crippen molar-refractivity contribution in [2.24, 2.45) is 5.92 Å². The van der Waals surface area contributed by atoms with Crippen molar-refractivity contribution in [3.8, 4) is 0 Å². The van der Waals surface area contributed by atoms with Gasteiger partial charge < -0.3 is 15.0 Å². The maximum absolute atomic E-state index is 14.2. The number of nitrogens with zero attached hydrogens (tertiary/aromatic N) is 1. The van der Waals surface area contributed by atoms with Crippen LogP contribution in [0.1, 0.15) is 30.9 Å². The van der Waals surface area contributed by atoms with E-state index >= 15 is 0 Å². The minimum atomic E-state index is -0.570. The summed E-state index contributed by atoms with van der Waals surface area (Å²) in [5.74, 6) is -1.05. The number of carbonyl (C=O) groups excluding carboxylic acids is 2. The SMILES string of the molecule is COCCCNC(=O)[C@@H]1CCC(=O)N(C)[C@@H]1c1ccccc1F. The molecule has 0 radical (unpaired) electrons. The van der Waals surface area contributed by atoms with Crippen molar-refractivity contribution in [3.63, 3.8) is 0 Å². The van der Waals surface area contributed by atoms with E-state index in [2.05, 4.69) is 5.32 Å². The van der Waals surface area contributed by atoms with Gasteiger partial charge in [0.2, 0.25) is 11.8 Å². The Hall–Kier alpha value is -1.95. The lowest BCUT2D eigenvalue weighted by molar-refractivity contribution is -0.141. The summed E-state index contributed by atoms with van der Waals surface area (Å²) in [5, 5.41) is 2.86. The van der Waals surface area contributed by atoms with Gasteiger partial charge in [0.1, 0.15) is 5.82 Å². The van der Waals surface area contributed by atoms with E-state index in [-0.39, 0.29) is 11.8 Å². The first-order valence-electron chi connectivity index (χ1n) is 7.83. The fraction of sp³-hybridized carbons (Fsp3) is 0.529. The number of ether oxygens (including phenoxy) is 1. The summed E-state index contributed by atoms with van der Waals surface area (Å²) in [7, 11) is 3.24. The van der Waals surface area contributed by atoms with Crippen molar-refractivity contribution in [2.75, 3.05) is 27.3 Å². The summed E-state index contributed by atoms with van der Waals surface area (Å²) in [4.78, 5) is 26.0. The van der Waals surface area contributed by atoms with Crippen molar-refractivity contribution in [1.82, 2.24) is 10.2 Å². The molecule has 1 aromatic carbocycles. The van der Waals surface area contributed by atoms with Crippen molar-refractivity contribution in [2.45, 2.75) is 25.3 Å². The summed E-state index contributed by atoms with van der Waals surface area (Å²) >= 11 is 0. The molecular formula is C17H23FN2O3. The molecule has 1 aromatic rings. The molecule has 2 amide bonds. The zero-order valence-corrected chi connectivity index (χ0v) is 13.5. The minimum Gasteiger partial charge on any atom is -0.385 e. The molecule has 2 atom stereocenters. The molecule has 0 saturated carbocycles. The molecule has 23 heavy (non-hydrogen) atoms. The Morgan fingerprint density at radius 1 is 1.43 bits per heavy atom. The molecule has 0 aliphatic carbocycles. The average Bonchev–Trinajstić information content (AvgIpc) is 2.55. The molecule has 0 aromatic heterocycles. The fourth-order valence-corrected chi connectivity index (χ4v) is 3.01. The number of rotatable bonds is 6. The number of benzene rings is 1. The second kappa shape index (κ2) is 8.06. The number of likely N-dealkylation sites (tertiary alicyclic amines) is 1. The normalized spacial score (nSPS) is 21.3. The van der Waals surface area contributed by atoms with E-state index in [4.69, 9.17) is 4.74 Å². The Bertz CT molecular complexity index is 565. The summed E-state index contributed by atoms with van der Waals surface area (Å²) in [5.41, 5.74) is 0.389. The molecule has 0 spiro atoms. The number of carbonyl (C=O) groups is 2. The third-order valence-corrected chi connectivity index (χ3v) is 4.25. The largest absolute Gasteiger partial charge is 0.385 e. The highest BCUT2D eigenvalue weighted by atomic mass is 19.1. The van der Waals surface area contributed by atoms with Gasteiger partial charge in [0.05, 0.1) is 12.0 Å². The Morgan fingerprint density at radius 2 is 2.17 bits per heavy atom. The van der Waals surface area contributed by atoms with Gasteiger partial charge in [-0.3, -0.25) is 9.59 Å². The van der Waals surface area contributed by atoms with E-state index in [1.54, 1.807) is 32.4 Å². The fourth-order valence-electron chi connectivity index (χ4n) is 3.01. The molecule has 2 rings (SSSR count). The molecule has 126 valence electrons.